The molecule has 0 aliphatic carbocycles. The number of rotatable bonds is 3. The molecule has 1 heterocycles. The Labute approximate surface area is 155 Å². The zero-order valence-electron chi connectivity index (χ0n) is 15.5. The van der Waals surface area contributed by atoms with Crippen LogP contribution in [0.15, 0.2) is 47.4 Å². The molecule has 2 aromatic rings. The van der Waals surface area contributed by atoms with Crippen LogP contribution >= 0.6 is 0 Å². The Kier molecular flexibility index (Phi) is 4.56. The molecular formula is C20H24N2O3S. The number of nitrogens with zero attached hydrogens (tertiary/aromatic N) is 1. The van der Waals surface area contributed by atoms with E-state index in [9.17, 15) is 13.2 Å². The van der Waals surface area contributed by atoms with Crippen molar-refractivity contribution < 1.29 is 13.2 Å². The van der Waals surface area contributed by atoms with Crippen molar-refractivity contribution >= 4 is 27.3 Å². The smallest absolute Gasteiger partial charge is 0.261 e. The number of sulfonamides is 1. The second-order valence-corrected chi connectivity index (χ2v) is 9.33. The van der Waals surface area contributed by atoms with Crippen LogP contribution in [0.4, 0.5) is 11.4 Å². The standard InChI is InChI=1S/C20H24N2O3S/c1-14(23)22-12-11-15-5-8-17(13-19(15)22)21-26(24,25)18-9-6-16(7-10-18)20(2,3)4/h5-10,13,21H,11-12H2,1-4H3. The molecule has 0 spiro atoms. The SMILES string of the molecule is CC(=O)N1CCc2ccc(NS(=O)(=O)c3ccc(C(C)(C)C)cc3)cc21. The lowest BCUT2D eigenvalue weighted by atomic mass is 9.87. The third-order valence-electron chi connectivity index (χ3n) is 4.64. The molecule has 0 atom stereocenters. The summed E-state index contributed by atoms with van der Waals surface area (Å²) >= 11 is 0. The van der Waals surface area contributed by atoms with Crippen LogP contribution in [0.25, 0.3) is 0 Å². The number of hydrogen-bond acceptors (Lipinski definition) is 3. The van der Waals surface area contributed by atoms with Gasteiger partial charge in [-0.05, 0) is 47.2 Å². The van der Waals surface area contributed by atoms with E-state index in [0.29, 0.717) is 12.2 Å². The van der Waals surface area contributed by atoms with Crippen molar-refractivity contribution in [3.05, 3.63) is 53.6 Å². The van der Waals surface area contributed by atoms with Crippen LogP contribution in [0.5, 0.6) is 0 Å². The summed E-state index contributed by atoms with van der Waals surface area (Å²) in [5.74, 6) is -0.0403. The quantitative estimate of drug-likeness (QED) is 0.893. The van der Waals surface area contributed by atoms with Crippen LogP contribution < -0.4 is 9.62 Å². The molecule has 138 valence electrons. The number of carbonyl (C=O) groups is 1. The van der Waals surface area contributed by atoms with E-state index in [1.807, 2.05) is 18.2 Å². The predicted octanol–water partition coefficient (Wildman–Crippen LogP) is 3.69. The summed E-state index contributed by atoms with van der Waals surface area (Å²) in [6, 6.07) is 12.3. The van der Waals surface area contributed by atoms with Crippen molar-refractivity contribution in [2.24, 2.45) is 0 Å². The molecule has 5 nitrogen and oxygen atoms in total. The van der Waals surface area contributed by atoms with Crippen LogP contribution in [0.2, 0.25) is 0 Å². The number of benzene rings is 2. The highest BCUT2D eigenvalue weighted by Gasteiger charge is 2.23. The Bertz CT molecular complexity index is 942. The molecule has 26 heavy (non-hydrogen) atoms. The van der Waals surface area contributed by atoms with Gasteiger partial charge in [0.25, 0.3) is 10.0 Å². The Morgan fingerprint density at radius 1 is 1.08 bits per heavy atom. The van der Waals surface area contributed by atoms with Crippen LogP contribution in [0.3, 0.4) is 0 Å². The summed E-state index contributed by atoms with van der Waals surface area (Å²) in [4.78, 5) is 13.6. The maximum atomic E-state index is 12.7. The third-order valence-corrected chi connectivity index (χ3v) is 6.04. The maximum Gasteiger partial charge on any atom is 0.261 e. The summed E-state index contributed by atoms with van der Waals surface area (Å²) in [5, 5.41) is 0. The van der Waals surface area contributed by atoms with Crippen molar-refractivity contribution in [2.45, 2.75) is 44.4 Å². The van der Waals surface area contributed by atoms with Crippen molar-refractivity contribution in [1.29, 1.82) is 0 Å². The second kappa shape index (κ2) is 6.43. The Morgan fingerprint density at radius 3 is 2.31 bits per heavy atom. The second-order valence-electron chi connectivity index (χ2n) is 7.64. The van der Waals surface area contributed by atoms with Crippen LogP contribution in [-0.4, -0.2) is 20.9 Å². The summed E-state index contributed by atoms with van der Waals surface area (Å²) in [7, 11) is -3.68. The van der Waals surface area contributed by atoms with Crippen molar-refractivity contribution in [2.75, 3.05) is 16.2 Å². The van der Waals surface area contributed by atoms with E-state index >= 15 is 0 Å². The van der Waals surface area contributed by atoms with Gasteiger partial charge in [-0.2, -0.15) is 0 Å². The average Bonchev–Trinajstić information content (AvgIpc) is 2.97. The largest absolute Gasteiger partial charge is 0.312 e. The topological polar surface area (TPSA) is 66.5 Å². The molecule has 1 N–H and O–H groups in total. The summed E-state index contributed by atoms with van der Waals surface area (Å²) < 4.78 is 28.0. The fourth-order valence-corrected chi connectivity index (χ4v) is 4.17. The molecule has 1 aliphatic rings. The van der Waals surface area contributed by atoms with Gasteiger partial charge in [0.2, 0.25) is 5.91 Å². The minimum absolute atomic E-state index is 0.0359. The molecule has 1 amide bonds. The minimum Gasteiger partial charge on any atom is -0.312 e. The van der Waals surface area contributed by atoms with Crippen LogP contribution in [0, 0.1) is 0 Å². The first-order valence-electron chi connectivity index (χ1n) is 8.62. The van der Waals surface area contributed by atoms with E-state index < -0.39 is 10.0 Å². The first-order chi connectivity index (χ1) is 12.1. The molecule has 0 unspecified atom stereocenters. The van der Waals surface area contributed by atoms with Crippen molar-refractivity contribution in [3.8, 4) is 0 Å². The van der Waals surface area contributed by atoms with Gasteiger partial charge in [0.1, 0.15) is 0 Å². The lowest BCUT2D eigenvalue weighted by molar-refractivity contribution is -0.116. The van der Waals surface area contributed by atoms with Gasteiger partial charge < -0.3 is 4.90 Å². The molecule has 0 bridgehead atoms. The van der Waals surface area contributed by atoms with Gasteiger partial charge in [0, 0.05) is 19.2 Å². The van der Waals surface area contributed by atoms with Gasteiger partial charge in [0.15, 0.2) is 0 Å². The van der Waals surface area contributed by atoms with Gasteiger partial charge in [-0.1, -0.05) is 39.0 Å². The average molecular weight is 372 g/mol. The van der Waals surface area contributed by atoms with E-state index in [1.165, 1.54) is 6.92 Å². The Morgan fingerprint density at radius 2 is 1.73 bits per heavy atom. The van der Waals surface area contributed by atoms with Gasteiger partial charge in [-0.25, -0.2) is 8.42 Å². The summed E-state index contributed by atoms with van der Waals surface area (Å²) in [5.41, 5.74) is 3.33. The Balaban J connectivity index is 1.87. The van der Waals surface area contributed by atoms with Crippen molar-refractivity contribution in [3.63, 3.8) is 0 Å². The fourth-order valence-electron chi connectivity index (χ4n) is 3.12. The molecule has 0 aromatic heterocycles. The van der Waals surface area contributed by atoms with Gasteiger partial charge in [-0.15, -0.1) is 0 Å². The highest BCUT2D eigenvalue weighted by molar-refractivity contribution is 7.92. The number of anilines is 2. The first kappa shape index (κ1) is 18.5. The number of carbonyl (C=O) groups excluding carboxylic acids is 1. The summed E-state index contributed by atoms with van der Waals surface area (Å²) in [6.07, 6.45) is 0.788. The molecule has 3 rings (SSSR count). The van der Waals surface area contributed by atoms with Crippen molar-refractivity contribution in [1.82, 2.24) is 0 Å². The lowest BCUT2D eigenvalue weighted by Crippen LogP contribution is -2.25. The monoisotopic (exact) mass is 372 g/mol. The number of fused-ring (bicyclic) bond motifs is 1. The Hall–Kier alpha value is -2.34. The first-order valence-corrected chi connectivity index (χ1v) is 10.1. The van der Waals surface area contributed by atoms with Crippen LogP contribution in [-0.2, 0) is 26.7 Å². The molecule has 6 heteroatoms. The van der Waals surface area contributed by atoms with E-state index in [-0.39, 0.29) is 16.2 Å². The molecule has 0 radical (unpaired) electrons. The molecular weight excluding hydrogens is 348 g/mol. The molecule has 1 aliphatic heterocycles. The molecule has 0 saturated carbocycles. The summed E-state index contributed by atoms with van der Waals surface area (Å²) in [6.45, 7) is 8.40. The highest BCUT2D eigenvalue weighted by atomic mass is 32.2. The lowest BCUT2D eigenvalue weighted by Gasteiger charge is -2.19. The predicted molar refractivity (Wildman–Crippen MR) is 104 cm³/mol. The van der Waals surface area contributed by atoms with Gasteiger partial charge >= 0.3 is 0 Å². The zero-order chi connectivity index (χ0) is 19.1. The molecule has 0 saturated heterocycles. The number of amides is 1. The van der Waals surface area contributed by atoms with Crippen LogP contribution in [0.1, 0.15) is 38.8 Å². The van der Waals surface area contributed by atoms with E-state index in [1.54, 1.807) is 29.2 Å². The highest BCUT2D eigenvalue weighted by Crippen LogP contribution is 2.32. The normalized spacial score (nSPS) is 14.2. The molecule has 2 aromatic carbocycles. The number of hydrogen-bond donors (Lipinski definition) is 1. The zero-order valence-corrected chi connectivity index (χ0v) is 16.4. The fraction of sp³-hybridized carbons (Fsp3) is 0.350. The number of nitrogens with one attached hydrogen (secondary N) is 1. The minimum atomic E-state index is -3.68. The molecule has 0 fully saturated rings. The maximum absolute atomic E-state index is 12.7. The van der Waals surface area contributed by atoms with E-state index in [4.69, 9.17) is 0 Å². The van der Waals surface area contributed by atoms with E-state index in [2.05, 4.69) is 25.5 Å². The van der Waals surface area contributed by atoms with Gasteiger partial charge in [0.05, 0.1) is 10.6 Å². The van der Waals surface area contributed by atoms with E-state index in [0.717, 1.165) is 23.2 Å². The van der Waals surface area contributed by atoms with Gasteiger partial charge in [-0.3, -0.25) is 9.52 Å². The third kappa shape index (κ3) is 3.60.